The van der Waals surface area contributed by atoms with E-state index in [0.717, 1.165) is 31.2 Å². The molecule has 1 atom stereocenters. The van der Waals surface area contributed by atoms with Gasteiger partial charge in [0.15, 0.2) is 11.5 Å². The monoisotopic (exact) mass is 440 g/mol. The Kier molecular flexibility index (Phi) is 8.50. The highest BCUT2D eigenvalue weighted by Gasteiger charge is 2.26. The van der Waals surface area contributed by atoms with Crippen LogP contribution in [0.5, 0.6) is 11.5 Å². The third kappa shape index (κ3) is 6.47. The van der Waals surface area contributed by atoms with Crippen LogP contribution < -0.4 is 20.3 Å². The zero-order valence-electron chi connectivity index (χ0n) is 18.9. The number of hydrogen-bond acceptors (Lipinski definition) is 5. The summed E-state index contributed by atoms with van der Waals surface area (Å²) in [7, 11) is 1.57. The topological polar surface area (TPSA) is 85.9 Å². The summed E-state index contributed by atoms with van der Waals surface area (Å²) < 4.78 is 11.5. The first-order valence-electron chi connectivity index (χ1n) is 11.1. The zero-order chi connectivity index (χ0) is 22.9. The Morgan fingerprint density at radius 1 is 1.03 bits per heavy atom. The maximum absolute atomic E-state index is 12.9. The number of rotatable bonds is 10. The summed E-state index contributed by atoms with van der Waals surface area (Å²) in [5, 5.41) is 2.81. The summed E-state index contributed by atoms with van der Waals surface area (Å²) in [5.74, 6) is 0.234. The SMILES string of the molecule is COc1ccc(C(=O)N[C@@H](C(=O)NOCc2ccccc2)C(C)C)cc1OC1CCCC1. The summed E-state index contributed by atoms with van der Waals surface area (Å²) in [6.07, 6.45) is 4.42. The van der Waals surface area contributed by atoms with Gasteiger partial charge in [0.2, 0.25) is 0 Å². The molecule has 1 aliphatic rings. The lowest BCUT2D eigenvalue weighted by Gasteiger charge is -2.22. The Labute approximate surface area is 189 Å². The van der Waals surface area contributed by atoms with Crippen LogP contribution >= 0.6 is 0 Å². The molecule has 0 radical (unpaired) electrons. The second-order valence-corrected chi connectivity index (χ2v) is 8.33. The van der Waals surface area contributed by atoms with E-state index in [9.17, 15) is 9.59 Å². The molecule has 2 aromatic carbocycles. The largest absolute Gasteiger partial charge is 0.493 e. The van der Waals surface area contributed by atoms with Crippen molar-refractivity contribution in [2.24, 2.45) is 5.92 Å². The van der Waals surface area contributed by atoms with Gasteiger partial charge in [-0.2, -0.15) is 0 Å². The summed E-state index contributed by atoms with van der Waals surface area (Å²) in [5.41, 5.74) is 3.79. The van der Waals surface area contributed by atoms with Gasteiger partial charge in [-0.25, -0.2) is 5.48 Å². The minimum absolute atomic E-state index is 0.133. The first kappa shape index (κ1) is 23.6. The molecule has 2 N–H and O–H groups in total. The molecule has 172 valence electrons. The molecular formula is C25H32N2O5. The third-order valence-electron chi connectivity index (χ3n) is 5.51. The van der Waals surface area contributed by atoms with Gasteiger partial charge in [-0.15, -0.1) is 0 Å². The molecule has 32 heavy (non-hydrogen) atoms. The predicted octanol–water partition coefficient (Wildman–Crippen LogP) is 4.02. The molecule has 0 saturated heterocycles. The predicted molar refractivity (Wildman–Crippen MR) is 121 cm³/mol. The van der Waals surface area contributed by atoms with Crippen LogP contribution in [0.25, 0.3) is 0 Å². The first-order chi connectivity index (χ1) is 15.5. The van der Waals surface area contributed by atoms with E-state index in [4.69, 9.17) is 14.3 Å². The maximum atomic E-state index is 12.9. The van der Waals surface area contributed by atoms with Gasteiger partial charge in [-0.3, -0.25) is 14.4 Å². The lowest BCUT2D eigenvalue weighted by atomic mass is 10.0. The molecule has 2 amide bonds. The number of ether oxygens (including phenoxy) is 2. The molecule has 7 heteroatoms. The Morgan fingerprint density at radius 3 is 2.41 bits per heavy atom. The molecule has 7 nitrogen and oxygen atoms in total. The van der Waals surface area contributed by atoms with Crippen LogP contribution in [0.1, 0.15) is 55.5 Å². The van der Waals surface area contributed by atoms with Crippen LogP contribution in [0.15, 0.2) is 48.5 Å². The van der Waals surface area contributed by atoms with Crippen LogP contribution in [0, 0.1) is 5.92 Å². The molecule has 0 heterocycles. The average Bonchev–Trinajstić information content (AvgIpc) is 3.30. The highest BCUT2D eigenvalue weighted by Crippen LogP contribution is 2.32. The zero-order valence-corrected chi connectivity index (χ0v) is 18.9. The van der Waals surface area contributed by atoms with Gasteiger partial charge in [0, 0.05) is 5.56 Å². The third-order valence-corrected chi connectivity index (χ3v) is 5.51. The van der Waals surface area contributed by atoms with Crippen molar-refractivity contribution in [3.8, 4) is 11.5 Å². The minimum Gasteiger partial charge on any atom is -0.493 e. The van der Waals surface area contributed by atoms with Gasteiger partial charge in [0.25, 0.3) is 11.8 Å². The number of nitrogens with one attached hydrogen (secondary N) is 2. The normalized spacial score (nSPS) is 14.8. The van der Waals surface area contributed by atoms with Crippen molar-refractivity contribution in [2.75, 3.05) is 7.11 Å². The van der Waals surface area contributed by atoms with E-state index in [2.05, 4.69) is 10.8 Å². The Morgan fingerprint density at radius 2 is 1.75 bits per heavy atom. The molecule has 3 rings (SSSR count). The van der Waals surface area contributed by atoms with Crippen LogP contribution in [-0.4, -0.2) is 31.1 Å². The molecule has 2 aromatic rings. The van der Waals surface area contributed by atoms with Crippen molar-refractivity contribution in [3.05, 3.63) is 59.7 Å². The Balaban J connectivity index is 1.62. The van der Waals surface area contributed by atoms with E-state index >= 15 is 0 Å². The number of carbonyl (C=O) groups excluding carboxylic acids is 2. The molecule has 0 bridgehead atoms. The number of hydroxylamine groups is 1. The summed E-state index contributed by atoms with van der Waals surface area (Å²) >= 11 is 0. The average molecular weight is 441 g/mol. The summed E-state index contributed by atoms with van der Waals surface area (Å²) in [6, 6.07) is 13.8. The quantitative estimate of drug-likeness (QED) is 0.545. The number of amides is 2. The van der Waals surface area contributed by atoms with Gasteiger partial charge >= 0.3 is 0 Å². The van der Waals surface area contributed by atoms with Crippen LogP contribution in [0.3, 0.4) is 0 Å². The highest BCUT2D eigenvalue weighted by molar-refractivity contribution is 5.98. The fourth-order valence-corrected chi connectivity index (χ4v) is 3.68. The van der Waals surface area contributed by atoms with Gasteiger partial charge in [-0.1, -0.05) is 44.2 Å². The van der Waals surface area contributed by atoms with Crippen molar-refractivity contribution < 1.29 is 23.9 Å². The molecule has 0 unspecified atom stereocenters. The maximum Gasteiger partial charge on any atom is 0.266 e. The fraction of sp³-hybridized carbons (Fsp3) is 0.440. The molecule has 1 saturated carbocycles. The lowest BCUT2D eigenvalue weighted by molar-refractivity contribution is -0.137. The van der Waals surface area contributed by atoms with Gasteiger partial charge < -0.3 is 14.8 Å². The number of methoxy groups -OCH3 is 1. The molecule has 0 spiro atoms. The van der Waals surface area contributed by atoms with Gasteiger partial charge in [-0.05, 0) is 55.4 Å². The van der Waals surface area contributed by atoms with E-state index in [-0.39, 0.29) is 24.5 Å². The van der Waals surface area contributed by atoms with Crippen molar-refractivity contribution in [1.82, 2.24) is 10.8 Å². The lowest BCUT2D eigenvalue weighted by Crippen LogP contribution is -2.49. The van der Waals surface area contributed by atoms with Crippen LogP contribution in [-0.2, 0) is 16.2 Å². The smallest absolute Gasteiger partial charge is 0.266 e. The minimum atomic E-state index is -0.750. The highest BCUT2D eigenvalue weighted by atomic mass is 16.6. The molecule has 1 fully saturated rings. The van der Waals surface area contributed by atoms with E-state index in [0.29, 0.717) is 17.1 Å². The Hall–Kier alpha value is -3.06. The van der Waals surface area contributed by atoms with E-state index in [1.54, 1.807) is 25.3 Å². The molecule has 0 aliphatic heterocycles. The molecular weight excluding hydrogens is 408 g/mol. The van der Waals surface area contributed by atoms with Crippen molar-refractivity contribution >= 4 is 11.8 Å². The first-order valence-corrected chi connectivity index (χ1v) is 11.1. The van der Waals surface area contributed by atoms with Crippen molar-refractivity contribution in [2.45, 2.75) is 58.3 Å². The van der Waals surface area contributed by atoms with Gasteiger partial charge in [0.1, 0.15) is 6.04 Å². The van der Waals surface area contributed by atoms with Crippen LogP contribution in [0.4, 0.5) is 0 Å². The number of carbonyl (C=O) groups is 2. The standard InChI is InChI=1S/C25H32N2O5/c1-17(2)23(25(29)27-31-16-18-9-5-4-6-10-18)26-24(28)19-13-14-21(30-3)22(15-19)32-20-11-7-8-12-20/h4-6,9-10,13-15,17,20,23H,7-8,11-12,16H2,1-3H3,(H,26,28)(H,27,29)/t23-/m1/s1. The fourth-order valence-electron chi connectivity index (χ4n) is 3.68. The van der Waals surface area contributed by atoms with E-state index in [1.165, 1.54) is 0 Å². The number of benzene rings is 2. The second-order valence-electron chi connectivity index (χ2n) is 8.33. The van der Waals surface area contributed by atoms with Crippen molar-refractivity contribution in [1.29, 1.82) is 0 Å². The number of hydrogen-bond donors (Lipinski definition) is 2. The van der Waals surface area contributed by atoms with E-state index in [1.807, 2.05) is 44.2 Å². The van der Waals surface area contributed by atoms with Crippen LogP contribution in [0.2, 0.25) is 0 Å². The molecule has 0 aromatic heterocycles. The van der Waals surface area contributed by atoms with E-state index < -0.39 is 11.9 Å². The molecule has 1 aliphatic carbocycles. The van der Waals surface area contributed by atoms with Gasteiger partial charge in [0.05, 0.1) is 19.8 Å². The van der Waals surface area contributed by atoms with Crippen molar-refractivity contribution in [3.63, 3.8) is 0 Å². The second kappa shape index (κ2) is 11.5. The summed E-state index contributed by atoms with van der Waals surface area (Å²) in [6.45, 7) is 3.97. The summed E-state index contributed by atoms with van der Waals surface area (Å²) in [4.78, 5) is 30.9. The Bertz CT molecular complexity index is 894.